The van der Waals surface area contributed by atoms with Crippen molar-refractivity contribution in [1.29, 1.82) is 0 Å². The first kappa shape index (κ1) is 14.4. The summed E-state index contributed by atoms with van der Waals surface area (Å²) in [6.07, 6.45) is 0. The van der Waals surface area contributed by atoms with Gasteiger partial charge >= 0.3 is 0 Å². The summed E-state index contributed by atoms with van der Waals surface area (Å²) in [7, 11) is 0. The molecular formula is C13H8FIN2O3. The van der Waals surface area contributed by atoms with E-state index < -0.39 is 16.6 Å². The molecule has 0 fully saturated rings. The topological polar surface area (TPSA) is 72.2 Å². The third-order valence-electron chi connectivity index (χ3n) is 2.53. The summed E-state index contributed by atoms with van der Waals surface area (Å²) in [5.74, 6) is -1.25. The number of nitrogens with zero attached hydrogens (tertiary/aromatic N) is 1. The fraction of sp³-hybridized carbons (Fsp3) is 0. The van der Waals surface area contributed by atoms with E-state index in [0.717, 1.165) is 18.2 Å². The number of halogens is 2. The minimum absolute atomic E-state index is 0.219. The van der Waals surface area contributed by atoms with E-state index in [1.54, 1.807) is 24.3 Å². The fourth-order valence-electron chi connectivity index (χ4n) is 1.56. The largest absolute Gasteiger partial charge is 0.319 e. The monoisotopic (exact) mass is 386 g/mol. The quantitative estimate of drug-likeness (QED) is 0.498. The van der Waals surface area contributed by atoms with Gasteiger partial charge in [-0.15, -0.1) is 0 Å². The minimum atomic E-state index is -0.727. The molecule has 5 nitrogen and oxygen atoms in total. The molecule has 102 valence electrons. The first-order valence-corrected chi connectivity index (χ1v) is 6.56. The van der Waals surface area contributed by atoms with Crippen molar-refractivity contribution in [2.24, 2.45) is 0 Å². The first-order chi connectivity index (χ1) is 9.49. The van der Waals surface area contributed by atoms with Crippen molar-refractivity contribution in [1.82, 2.24) is 0 Å². The number of non-ortho nitro benzene ring substituents is 1. The van der Waals surface area contributed by atoms with Gasteiger partial charge in [0.05, 0.1) is 16.2 Å². The molecular weight excluding hydrogens is 378 g/mol. The second kappa shape index (κ2) is 5.95. The Bertz CT molecular complexity index is 691. The Morgan fingerprint density at radius 3 is 2.60 bits per heavy atom. The lowest BCUT2D eigenvalue weighted by molar-refractivity contribution is -0.384. The standard InChI is InChI=1S/C13H8FIN2O3/c14-10-6-5-8(17(19)20)7-12(10)16-13(18)9-3-1-2-4-11(9)15/h1-7H,(H,16,18). The van der Waals surface area contributed by atoms with Gasteiger partial charge in [-0.25, -0.2) is 4.39 Å². The predicted molar refractivity (Wildman–Crippen MR) is 80.2 cm³/mol. The van der Waals surface area contributed by atoms with Crippen molar-refractivity contribution in [3.8, 4) is 0 Å². The van der Waals surface area contributed by atoms with Crippen molar-refractivity contribution in [2.75, 3.05) is 5.32 Å². The average molecular weight is 386 g/mol. The predicted octanol–water partition coefficient (Wildman–Crippen LogP) is 3.59. The van der Waals surface area contributed by atoms with Gasteiger partial charge in [-0.2, -0.15) is 0 Å². The summed E-state index contributed by atoms with van der Waals surface area (Å²) in [4.78, 5) is 22.0. The van der Waals surface area contributed by atoms with Crippen LogP contribution in [0.2, 0.25) is 0 Å². The Balaban J connectivity index is 2.30. The summed E-state index contributed by atoms with van der Waals surface area (Å²) in [6.45, 7) is 0. The molecule has 0 heterocycles. The number of hydrogen-bond donors (Lipinski definition) is 1. The third kappa shape index (κ3) is 3.10. The van der Waals surface area contributed by atoms with Gasteiger partial charge in [0, 0.05) is 15.7 Å². The summed E-state index contributed by atoms with van der Waals surface area (Å²) in [5, 5.41) is 13.0. The Labute approximate surface area is 127 Å². The SMILES string of the molecule is O=C(Nc1cc([N+](=O)[O-])ccc1F)c1ccccc1I. The minimum Gasteiger partial charge on any atom is -0.319 e. The molecule has 0 spiro atoms. The lowest BCUT2D eigenvalue weighted by atomic mass is 10.2. The number of hydrogen-bond acceptors (Lipinski definition) is 3. The van der Waals surface area contributed by atoms with E-state index in [2.05, 4.69) is 5.32 Å². The van der Waals surface area contributed by atoms with Crippen molar-refractivity contribution >= 4 is 39.9 Å². The number of carbonyl (C=O) groups is 1. The van der Waals surface area contributed by atoms with Gasteiger partial charge in [0.15, 0.2) is 0 Å². The number of anilines is 1. The molecule has 0 aliphatic carbocycles. The zero-order chi connectivity index (χ0) is 14.7. The second-order valence-electron chi connectivity index (χ2n) is 3.86. The summed E-state index contributed by atoms with van der Waals surface area (Å²) < 4.78 is 14.3. The number of nitro benzene ring substituents is 1. The van der Waals surface area contributed by atoms with E-state index in [1.165, 1.54) is 0 Å². The Hall–Kier alpha value is -2.03. The van der Waals surface area contributed by atoms with Crippen LogP contribution in [0.15, 0.2) is 42.5 Å². The van der Waals surface area contributed by atoms with E-state index in [1.807, 2.05) is 22.6 Å². The first-order valence-electron chi connectivity index (χ1n) is 5.49. The molecule has 2 aromatic rings. The van der Waals surface area contributed by atoms with E-state index in [-0.39, 0.29) is 11.4 Å². The van der Waals surface area contributed by atoms with Crippen LogP contribution in [0, 0.1) is 19.5 Å². The molecule has 0 unspecified atom stereocenters. The van der Waals surface area contributed by atoms with Gasteiger partial charge in [0.25, 0.3) is 11.6 Å². The van der Waals surface area contributed by atoms with Crippen LogP contribution < -0.4 is 5.32 Å². The molecule has 2 rings (SSSR count). The van der Waals surface area contributed by atoms with Crippen molar-refractivity contribution in [3.63, 3.8) is 0 Å². The van der Waals surface area contributed by atoms with Crippen LogP contribution in [0.3, 0.4) is 0 Å². The number of nitro groups is 1. The Kier molecular flexibility index (Phi) is 4.28. The smallest absolute Gasteiger partial charge is 0.271 e. The van der Waals surface area contributed by atoms with Crippen LogP contribution in [0.1, 0.15) is 10.4 Å². The number of amides is 1. The highest BCUT2D eigenvalue weighted by Crippen LogP contribution is 2.22. The zero-order valence-electron chi connectivity index (χ0n) is 9.97. The number of benzene rings is 2. The van der Waals surface area contributed by atoms with Crippen molar-refractivity contribution in [2.45, 2.75) is 0 Å². The molecule has 20 heavy (non-hydrogen) atoms. The number of carbonyl (C=O) groups excluding carboxylic acids is 1. The van der Waals surface area contributed by atoms with Gasteiger partial charge in [-0.3, -0.25) is 14.9 Å². The molecule has 2 aromatic carbocycles. The molecule has 0 saturated carbocycles. The summed E-state index contributed by atoms with van der Waals surface area (Å²) in [5.41, 5.74) is -0.132. The van der Waals surface area contributed by atoms with E-state index in [0.29, 0.717) is 9.13 Å². The Morgan fingerprint density at radius 1 is 1.25 bits per heavy atom. The highest BCUT2D eigenvalue weighted by atomic mass is 127. The second-order valence-corrected chi connectivity index (χ2v) is 5.02. The van der Waals surface area contributed by atoms with Crippen LogP contribution in [0.5, 0.6) is 0 Å². The molecule has 0 aliphatic rings. The van der Waals surface area contributed by atoms with Crippen LogP contribution in [0.25, 0.3) is 0 Å². The lowest BCUT2D eigenvalue weighted by Gasteiger charge is -2.07. The van der Waals surface area contributed by atoms with Crippen LogP contribution in [0.4, 0.5) is 15.8 Å². The van der Waals surface area contributed by atoms with Crippen LogP contribution >= 0.6 is 22.6 Å². The highest BCUT2D eigenvalue weighted by Gasteiger charge is 2.15. The van der Waals surface area contributed by atoms with Crippen LogP contribution in [-0.2, 0) is 0 Å². The molecule has 1 amide bonds. The van der Waals surface area contributed by atoms with E-state index >= 15 is 0 Å². The van der Waals surface area contributed by atoms with E-state index in [9.17, 15) is 19.3 Å². The molecule has 0 aliphatic heterocycles. The van der Waals surface area contributed by atoms with E-state index in [4.69, 9.17) is 0 Å². The van der Waals surface area contributed by atoms with Gasteiger partial charge in [-0.05, 0) is 40.8 Å². The maximum Gasteiger partial charge on any atom is 0.271 e. The van der Waals surface area contributed by atoms with Gasteiger partial charge in [-0.1, -0.05) is 12.1 Å². The van der Waals surface area contributed by atoms with Gasteiger partial charge in [0.2, 0.25) is 0 Å². The molecule has 1 N–H and O–H groups in total. The average Bonchev–Trinajstić information content (AvgIpc) is 2.41. The molecule has 7 heteroatoms. The van der Waals surface area contributed by atoms with Gasteiger partial charge in [0.1, 0.15) is 5.82 Å². The maximum atomic E-state index is 13.6. The Morgan fingerprint density at radius 2 is 1.95 bits per heavy atom. The fourth-order valence-corrected chi connectivity index (χ4v) is 2.19. The molecule has 0 bridgehead atoms. The zero-order valence-corrected chi connectivity index (χ0v) is 12.1. The molecule has 0 radical (unpaired) electrons. The van der Waals surface area contributed by atoms with Crippen LogP contribution in [-0.4, -0.2) is 10.8 Å². The maximum absolute atomic E-state index is 13.6. The summed E-state index contributed by atoms with van der Waals surface area (Å²) >= 11 is 1.98. The normalized spacial score (nSPS) is 10.1. The third-order valence-corrected chi connectivity index (χ3v) is 3.47. The number of nitrogens with one attached hydrogen (secondary N) is 1. The lowest BCUT2D eigenvalue weighted by Crippen LogP contribution is -2.14. The molecule has 0 saturated heterocycles. The summed E-state index contributed by atoms with van der Waals surface area (Å²) in [6, 6.07) is 9.75. The highest BCUT2D eigenvalue weighted by molar-refractivity contribution is 14.1. The number of rotatable bonds is 3. The molecule has 0 aromatic heterocycles. The molecule has 0 atom stereocenters. The van der Waals surface area contributed by atoms with Crippen molar-refractivity contribution < 1.29 is 14.1 Å². The van der Waals surface area contributed by atoms with Crippen molar-refractivity contribution in [3.05, 3.63) is 67.5 Å². The van der Waals surface area contributed by atoms with Gasteiger partial charge < -0.3 is 5.32 Å².